The zero-order valence-electron chi connectivity index (χ0n) is 10.1. The van der Waals surface area contributed by atoms with Crippen molar-refractivity contribution in [3.8, 4) is 6.07 Å². The normalized spacial score (nSPS) is 19.2. The van der Waals surface area contributed by atoms with Gasteiger partial charge in [-0.15, -0.1) is 0 Å². The smallest absolute Gasteiger partial charge is 0.0991 e. The molecule has 17 heavy (non-hydrogen) atoms. The van der Waals surface area contributed by atoms with Crippen LogP contribution in [0, 0.1) is 24.2 Å². The number of ether oxygens (including phenoxy) is 2. The molecule has 1 fully saturated rings. The number of rotatable bonds is 4. The van der Waals surface area contributed by atoms with Crippen LogP contribution in [-0.2, 0) is 16.1 Å². The Labute approximate surface area is 102 Å². The second-order valence-corrected chi connectivity index (χ2v) is 4.50. The maximum Gasteiger partial charge on any atom is 0.0991 e. The first kappa shape index (κ1) is 12.1. The Morgan fingerprint density at radius 2 is 2.41 bits per heavy atom. The van der Waals surface area contributed by atoms with Crippen LogP contribution in [0.3, 0.4) is 0 Å². The summed E-state index contributed by atoms with van der Waals surface area (Å²) in [6.45, 7) is 5.09. The van der Waals surface area contributed by atoms with Crippen LogP contribution in [0.15, 0.2) is 18.2 Å². The van der Waals surface area contributed by atoms with Crippen molar-refractivity contribution in [3.05, 3.63) is 34.9 Å². The van der Waals surface area contributed by atoms with Gasteiger partial charge in [0.25, 0.3) is 0 Å². The molecular formula is C14H17NO2. The predicted molar refractivity (Wildman–Crippen MR) is 64.5 cm³/mol. The van der Waals surface area contributed by atoms with E-state index < -0.39 is 0 Å². The van der Waals surface area contributed by atoms with Gasteiger partial charge in [0.1, 0.15) is 0 Å². The van der Waals surface area contributed by atoms with Gasteiger partial charge >= 0.3 is 0 Å². The summed E-state index contributed by atoms with van der Waals surface area (Å²) in [7, 11) is 0. The van der Waals surface area contributed by atoms with Crippen molar-refractivity contribution in [2.24, 2.45) is 5.92 Å². The number of nitriles is 1. The van der Waals surface area contributed by atoms with Crippen molar-refractivity contribution >= 4 is 0 Å². The molecule has 1 saturated heterocycles. The average Bonchev–Trinajstić information content (AvgIpc) is 2.84. The summed E-state index contributed by atoms with van der Waals surface area (Å²) >= 11 is 0. The van der Waals surface area contributed by atoms with Crippen LogP contribution in [0.4, 0.5) is 0 Å². The molecule has 3 nitrogen and oxygen atoms in total. The highest BCUT2D eigenvalue weighted by Crippen LogP contribution is 2.15. The zero-order chi connectivity index (χ0) is 12.1. The molecule has 1 aliphatic heterocycles. The van der Waals surface area contributed by atoms with Gasteiger partial charge in [0, 0.05) is 12.5 Å². The monoisotopic (exact) mass is 231 g/mol. The summed E-state index contributed by atoms with van der Waals surface area (Å²) < 4.78 is 11.0. The Kier molecular flexibility index (Phi) is 4.13. The minimum atomic E-state index is 0.550. The number of hydrogen-bond acceptors (Lipinski definition) is 3. The third-order valence-electron chi connectivity index (χ3n) is 3.11. The summed E-state index contributed by atoms with van der Waals surface area (Å²) in [5.41, 5.74) is 2.98. The van der Waals surface area contributed by atoms with E-state index in [0.717, 1.165) is 37.4 Å². The van der Waals surface area contributed by atoms with Gasteiger partial charge < -0.3 is 9.47 Å². The lowest BCUT2D eigenvalue weighted by atomic mass is 10.1. The fourth-order valence-electron chi connectivity index (χ4n) is 1.98. The van der Waals surface area contributed by atoms with Crippen molar-refractivity contribution in [1.29, 1.82) is 5.26 Å². The summed E-state index contributed by atoms with van der Waals surface area (Å²) in [6.07, 6.45) is 1.10. The van der Waals surface area contributed by atoms with Gasteiger partial charge in [0.15, 0.2) is 0 Å². The van der Waals surface area contributed by atoms with Gasteiger partial charge in [0.2, 0.25) is 0 Å². The maximum atomic E-state index is 8.78. The van der Waals surface area contributed by atoms with E-state index in [1.165, 1.54) is 0 Å². The van der Waals surface area contributed by atoms with E-state index in [2.05, 4.69) is 6.07 Å². The molecule has 0 saturated carbocycles. The fraction of sp³-hybridized carbons (Fsp3) is 0.500. The average molecular weight is 231 g/mol. The lowest BCUT2D eigenvalue weighted by Crippen LogP contribution is -2.09. The Bertz CT molecular complexity index is 417. The van der Waals surface area contributed by atoms with Gasteiger partial charge in [-0.1, -0.05) is 6.07 Å². The van der Waals surface area contributed by atoms with Crippen molar-refractivity contribution < 1.29 is 9.47 Å². The standard InChI is InChI=1S/C14H17NO2/c1-11-6-12(7-15)2-3-14(11)10-17-9-13-4-5-16-8-13/h2-3,6,13H,4-5,8-10H2,1H3. The van der Waals surface area contributed by atoms with Crippen LogP contribution >= 0.6 is 0 Å². The largest absolute Gasteiger partial charge is 0.381 e. The van der Waals surface area contributed by atoms with Gasteiger partial charge in [-0.3, -0.25) is 0 Å². The fourth-order valence-corrected chi connectivity index (χ4v) is 1.98. The van der Waals surface area contributed by atoms with Gasteiger partial charge in [-0.25, -0.2) is 0 Å². The van der Waals surface area contributed by atoms with Crippen molar-refractivity contribution in [2.75, 3.05) is 19.8 Å². The van der Waals surface area contributed by atoms with E-state index in [0.29, 0.717) is 18.1 Å². The highest BCUT2D eigenvalue weighted by atomic mass is 16.5. The lowest BCUT2D eigenvalue weighted by molar-refractivity contribution is 0.0789. The van der Waals surface area contributed by atoms with E-state index in [1.807, 2.05) is 25.1 Å². The molecule has 1 aromatic carbocycles. The molecule has 0 radical (unpaired) electrons. The van der Waals surface area contributed by atoms with E-state index in [9.17, 15) is 0 Å². The van der Waals surface area contributed by atoms with E-state index in [4.69, 9.17) is 14.7 Å². The molecular weight excluding hydrogens is 214 g/mol. The first-order valence-electron chi connectivity index (χ1n) is 5.94. The molecule has 0 N–H and O–H groups in total. The molecule has 0 amide bonds. The van der Waals surface area contributed by atoms with E-state index in [1.54, 1.807) is 0 Å². The minimum absolute atomic E-state index is 0.550. The number of benzene rings is 1. The summed E-state index contributed by atoms with van der Waals surface area (Å²) in [5.74, 6) is 0.550. The molecule has 3 heteroatoms. The summed E-state index contributed by atoms with van der Waals surface area (Å²) in [4.78, 5) is 0. The third kappa shape index (κ3) is 3.29. The van der Waals surface area contributed by atoms with Gasteiger partial charge in [-0.2, -0.15) is 5.26 Å². The molecule has 1 atom stereocenters. The third-order valence-corrected chi connectivity index (χ3v) is 3.11. The quantitative estimate of drug-likeness (QED) is 0.799. The number of aryl methyl sites for hydroxylation is 1. The molecule has 0 spiro atoms. The molecule has 0 aromatic heterocycles. The zero-order valence-corrected chi connectivity index (χ0v) is 10.1. The van der Waals surface area contributed by atoms with Crippen LogP contribution in [0.2, 0.25) is 0 Å². The predicted octanol–water partition coefficient (Wildman–Crippen LogP) is 2.42. The van der Waals surface area contributed by atoms with Crippen LogP contribution in [0.5, 0.6) is 0 Å². The van der Waals surface area contributed by atoms with Crippen LogP contribution < -0.4 is 0 Å². The van der Waals surface area contributed by atoms with E-state index in [-0.39, 0.29) is 0 Å². The number of nitrogens with zero attached hydrogens (tertiary/aromatic N) is 1. The highest BCUT2D eigenvalue weighted by molar-refractivity contribution is 5.37. The first-order chi connectivity index (χ1) is 8.29. The van der Waals surface area contributed by atoms with Crippen molar-refractivity contribution in [1.82, 2.24) is 0 Å². The van der Waals surface area contributed by atoms with Crippen LogP contribution in [0.25, 0.3) is 0 Å². The Balaban J connectivity index is 1.84. The van der Waals surface area contributed by atoms with Crippen molar-refractivity contribution in [2.45, 2.75) is 20.0 Å². The van der Waals surface area contributed by atoms with E-state index >= 15 is 0 Å². The molecule has 1 aromatic rings. The second-order valence-electron chi connectivity index (χ2n) is 4.50. The maximum absolute atomic E-state index is 8.78. The molecule has 0 aliphatic carbocycles. The van der Waals surface area contributed by atoms with Crippen LogP contribution in [0.1, 0.15) is 23.1 Å². The SMILES string of the molecule is Cc1cc(C#N)ccc1COCC1CCOC1. The second kappa shape index (κ2) is 5.81. The summed E-state index contributed by atoms with van der Waals surface area (Å²) in [5, 5.41) is 8.78. The Morgan fingerprint density at radius 1 is 1.53 bits per heavy atom. The number of hydrogen-bond donors (Lipinski definition) is 0. The molecule has 1 unspecified atom stereocenters. The molecule has 1 aliphatic rings. The first-order valence-corrected chi connectivity index (χ1v) is 5.94. The van der Waals surface area contributed by atoms with Gasteiger partial charge in [-0.05, 0) is 36.6 Å². The summed E-state index contributed by atoms with van der Waals surface area (Å²) in [6, 6.07) is 7.85. The molecule has 0 bridgehead atoms. The van der Waals surface area contributed by atoms with Crippen LogP contribution in [-0.4, -0.2) is 19.8 Å². The van der Waals surface area contributed by atoms with Crippen molar-refractivity contribution in [3.63, 3.8) is 0 Å². The molecule has 90 valence electrons. The molecule has 1 heterocycles. The highest BCUT2D eigenvalue weighted by Gasteiger charge is 2.15. The van der Waals surface area contributed by atoms with Gasteiger partial charge in [0.05, 0.1) is 31.5 Å². The topological polar surface area (TPSA) is 42.2 Å². The lowest BCUT2D eigenvalue weighted by Gasteiger charge is -2.10. The molecule has 2 rings (SSSR count). The Hall–Kier alpha value is -1.37. The Morgan fingerprint density at radius 3 is 3.06 bits per heavy atom. The minimum Gasteiger partial charge on any atom is -0.381 e.